The molecule has 0 saturated heterocycles. The van der Waals surface area contributed by atoms with E-state index in [0.717, 1.165) is 11.9 Å². The normalized spacial score (nSPS) is 18.9. The van der Waals surface area contributed by atoms with Crippen molar-refractivity contribution in [2.24, 2.45) is 4.99 Å². The van der Waals surface area contributed by atoms with E-state index in [0.29, 0.717) is 49.8 Å². The number of fused-ring (bicyclic) bond motifs is 1. The molecule has 0 saturated carbocycles. The van der Waals surface area contributed by atoms with Crippen molar-refractivity contribution in [3.63, 3.8) is 0 Å². The zero-order valence-electron chi connectivity index (χ0n) is 16.9. The van der Waals surface area contributed by atoms with Gasteiger partial charge in [0.05, 0.1) is 24.1 Å². The highest BCUT2D eigenvalue weighted by molar-refractivity contribution is 5.97. The van der Waals surface area contributed by atoms with E-state index in [1.54, 1.807) is 32.0 Å². The fraction of sp³-hybridized carbons (Fsp3) is 0.300. The van der Waals surface area contributed by atoms with Gasteiger partial charge in [-0.2, -0.15) is 4.99 Å². The van der Waals surface area contributed by atoms with Crippen LogP contribution in [0.3, 0.4) is 0 Å². The van der Waals surface area contributed by atoms with Crippen LogP contribution in [0.1, 0.15) is 19.5 Å². The van der Waals surface area contributed by atoms with Crippen molar-refractivity contribution in [2.75, 3.05) is 19.1 Å². The molecule has 0 radical (unpaired) electrons. The van der Waals surface area contributed by atoms with Gasteiger partial charge >= 0.3 is 6.30 Å². The summed E-state index contributed by atoms with van der Waals surface area (Å²) in [6.07, 6.45) is -2.09. The number of alkyl halides is 3. The number of amidine groups is 1. The highest BCUT2D eigenvalue weighted by Gasteiger charge is 2.45. The molecule has 2 aromatic rings. The lowest BCUT2D eigenvalue weighted by molar-refractivity contribution is -0.778. The minimum atomic E-state index is -4.49. The van der Waals surface area contributed by atoms with Crippen molar-refractivity contribution < 1.29 is 27.2 Å². The van der Waals surface area contributed by atoms with Crippen LogP contribution in [-0.2, 0) is 0 Å². The molecule has 30 heavy (non-hydrogen) atoms. The van der Waals surface area contributed by atoms with Gasteiger partial charge in [0.15, 0.2) is 18.8 Å². The van der Waals surface area contributed by atoms with Gasteiger partial charge in [-0.05, 0) is 26.0 Å². The van der Waals surface area contributed by atoms with E-state index in [4.69, 9.17) is 9.15 Å². The molecule has 0 aliphatic carbocycles. The Hall–Kier alpha value is -3.27. The molecule has 7 nitrogen and oxygen atoms in total. The quantitative estimate of drug-likeness (QED) is 0.744. The number of halogens is 3. The molecule has 3 heterocycles. The molecule has 2 aliphatic heterocycles. The smallest absolute Gasteiger partial charge is 0.488 e. The number of hydrogen-bond donors (Lipinski definition) is 2. The Morgan fingerprint density at radius 1 is 1.23 bits per heavy atom. The summed E-state index contributed by atoms with van der Waals surface area (Å²) >= 11 is 0. The number of anilines is 1. The van der Waals surface area contributed by atoms with Gasteiger partial charge in [-0.15, -0.1) is 13.2 Å². The average molecular weight is 420 g/mol. The van der Waals surface area contributed by atoms with Crippen LogP contribution in [0.4, 0.5) is 18.9 Å². The summed E-state index contributed by atoms with van der Waals surface area (Å²) in [6.45, 7) is 5.14. The van der Waals surface area contributed by atoms with Crippen molar-refractivity contribution in [1.82, 2.24) is 9.88 Å². The minimum absolute atomic E-state index is 0.260. The molecule has 0 spiro atoms. The number of oxazole rings is 1. The fourth-order valence-corrected chi connectivity index (χ4v) is 3.49. The van der Waals surface area contributed by atoms with Crippen LogP contribution >= 0.6 is 0 Å². The van der Waals surface area contributed by atoms with Crippen molar-refractivity contribution in [3.8, 4) is 17.1 Å². The number of nitrogens with zero attached hydrogens (tertiary/aromatic N) is 3. The van der Waals surface area contributed by atoms with Crippen LogP contribution in [0, 0.1) is 6.92 Å². The summed E-state index contributed by atoms with van der Waals surface area (Å²) in [5.74, 6) is 1.61. The largest absolute Gasteiger partial charge is 0.496 e. The van der Waals surface area contributed by atoms with Gasteiger partial charge in [-0.25, -0.2) is 14.8 Å². The molecule has 0 fully saturated rings. The summed E-state index contributed by atoms with van der Waals surface area (Å²) < 4.78 is 51.2. The minimum Gasteiger partial charge on any atom is -0.496 e. The van der Waals surface area contributed by atoms with E-state index in [1.807, 2.05) is 6.92 Å². The van der Waals surface area contributed by atoms with Crippen LogP contribution in [0.2, 0.25) is 0 Å². The molecule has 1 aromatic heterocycles. The summed E-state index contributed by atoms with van der Waals surface area (Å²) in [5, 5.41) is 3.07. The first-order valence-corrected chi connectivity index (χ1v) is 9.23. The summed E-state index contributed by atoms with van der Waals surface area (Å²) in [7, 11) is 1.52. The topological polar surface area (TPSA) is 67.3 Å². The Kier molecular flexibility index (Phi) is 4.81. The fourth-order valence-electron chi connectivity index (χ4n) is 3.49. The second kappa shape index (κ2) is 7.21. The van der Waals surface area contributed by atoms with E-state index in [-0.39, 0.29) is 12.4 Å². The Morgan fingerprint density at radius 2 is 2.00 bits per heavy atom. The lowest BCUT2D eigenvalue weighted by atomic mass is 10.1. The molecular formula is C20H21F3N5O2+. The number of allylic oxidation sites excluding steroid dienone is 2. The first-order chi connectivity index (χ1) is 14.2. The number of aliphatic imine (C=N–C) groups is 1. The Balaban J connectivity index is 1.69. The van der Waals surface area contributed by atoms with Crippen molar-refractivity contribution in [2.45, 2.75) is 27.1 Å². The monoisotopic (exact) mass is 420 g/mol. The Bertz CT molecular complexity index is 1080. The highest BCUT2D eigenvalue weighted by Crippen LogP contribution is 2.35. The maximum absolute atomic E-state index is 13.4. The first kappa shape index (κ1) is 20.0. The van der Waals surface area contributed by atoms with E-state index in [9.17, 15) is 13.2 Å². The molecule has 4 rings (SSSR count). The number of hydrogen-bond acceptors (Lipinski definition) is 6. The molecule has 1 unspecified atom stereocenters. The van der Waals surface area contributed by atoms with Crippen molar-refractivity contribution in [3.05, 3.63) is 53.6 Å². The molecule has 0 amide bonds. The number of aromatic nitrogens is 1. The maximum atomic E-state index is 13.4. The van der Waals surface area contributed by atoms with Gasteiger partial charge in [-0.3, -0.25) is 0 Å². The van der Waals surface area contributed by atoms with Crippen LogP contribution in [0.25, 0.3) is 11.3 Å². The number of rotatable bonds is 4. The average Bonchev–Trinajstić information content (AvgIpc) is 3.24. The number of ether oxygens (including phenoxy) is 1. The van der Waals surface area contributed by atoms with Crippen molar-refractivity contribution in [1.29, 1.82) is 0 Å². The van der Waals surface area contributed by atoms with Gasteiger partial charge in [-0.1, -0.05) is 0 Å². The Morgan fingerprint density at radius 3 is 2.63 bits per heavy atom. The molecule has 0 bridgehead atoms. The summed E-state index contributed by atoms with van der Waals surface area (Å²) in [6, 6.07) is 5.22. The second-order valence-electron chi connectivity index (χ2n) is 7.09. The van der Waals surface area contributed by atoms with E-state index >= 15 is 0 Å². The van der Waals surface area contributed by atoms with Crippen molar-refractivity contribution >= 4 is 11.5 Å². The zero-order valence-corrected chi connectivity index (χ0v) is 16.9. The van der Waals surface area contributed by atoms with E-state index in [2.05, 4.69) is 15.3 Å². The van der Waals surface area contributed by atoms with Gasteiger partial charge in [0.2, 0.25) is 0 Å². The van der Waals surface area contributed by atoms with Gasteiger partial charge in [0.25, 0.3) is 5.84 Å². The third kappa shape index (κ3) is 3.43. The number of methoxy groups -OCH3 is 1. The predicted octanol–water partition coefficient (Wildman–Crippen LogP) is 3.25. The Labute approximate surface area is 171 Å². The third-order valence-electron chi connectivity index (χ3n) is 5.23. The van der Waals surface area contributed by atoms with Crippen LogP contribution < -0.4 is 15.0 Å². The number of nitrogens with one attached hydrogen (secondary N) is 2. The molecule has 2 aliphatic rings. The lowest BCUT2D eigenvalue weighted by Crippen LogP contribution is -3.14. The van der Waals surface area contributed by atoms with Gasteiger partial charge in [0, 0.05) is 24.9 Å². The lowest BCUT2D eigenvalue weighted by Gasteiger charge is -2.32. The molecular weight excluding hydrogens is 399 g/mol. The standard InChI is InChI=1S/C20H20F3N5O2/c1-11-13(3)28-10-27(20(21,22)23)8-16(19(28)25-11)26-14-5-6-15(17(7-14)29-4)18-12(2)24-9-30-18/h5-9,26H,10H2,1-4H3/p+1. The van der Waals surface area contributed by atoms with Gasteiger partial charge < -0.3 is 14.5 Å². The molecule has 1 aromatic carbocycles. The molecule has 2 N–H and O–H groups in total. The number of aryl methyl sites for hydroxylation is 1. The second-order valence-corrected chi connectivity index (χ2v) is 7.09. The number of quaternary nitrogens is 1. The molecule has 10 heteroatoms. The molecule has 158 valence electrons. The van der Waals surface area contributed by atoms with E-state index in [1.165, 1.54) is 13.5 Å². The first-order valence-electron chi connectivity index (χ1n) is 9.23. The zero-order chi connectivity index (χ0) is 21.6. The summed E-state index contributed by atoms with van der Waals surface area (Å²) in [5.41, 5.74) is 3.72. The van der Waals surface area contributed by atoms with Gasteiger partial charge in [0.1, 0.15) is 17.1 Å². The molecule has 1 atom stereocenters. The number of benzene rings is 1. The predicted molar refractivity (Wildman–Crippen MR) is 104 cm³/mol. The van der Waals surface area contributed by atoms with Crippen LogP contribution in [0.5, 0.6) is 5.75 Å². The van der Waals surface area contributed by atoms with Crippen LogP contribution in [-0.4, -0.2) is 35.8 Å². The highest BCUT2D eigenvalue weighted by atomic mass is 19.4. The maximum Gasteiger partial charge on any atom is 0.488 e. The van der Waals surface area contributed by atoms with E-state index < -0.39 is 6.30 Å². The summed E-state index contributed by atoms with van der Waals surface area (Å²) in [4.78, 5) is 9.48. The van der Waals surface area contributed by atoms with Crippen LogP contribution in [0.15, 0.2) is 57.3 Å². The third-order valence-corrected chi connectivity index (χ3v) is 5.23. The SMILES string of the molecule is COc1cc(NC2=CN(C(F)(F)F)C[NH+]3C2=NC(C)=C3C)ccc1-c1ocnc1C.